The molecule has 0 saturated carbocycles. The zero-order chi connectivity index (χ0) is 14.4. The zero-order valence-electron chi connectivity index (χ0n) is 11.3. The minimum absolute atomic E-state index is 0.449. The summed E-state index contributed by atoms with van der Waals surface area (Å²) in [6.07, 6.45) is -4.35. The van der Waals surface area contributed by atoms with Gasteiger partial charge in [-0.15, -0.1) is 0 Å². The molecule has 0 heterocycles. The molecular formula is C14H19F3O. The zero-order valence-corrected chi connectivity index (χ0v) is 11.3. The van der Waals surface area contributed by atoms with E-state index in [1.807, 2.05) is 20.8 Å². The third-order valence-electron chi connectivity index (χ3n) is 3.54. The molecule has 1 nitrogen and oxygen atoms in total. The Hall–Kier alpha value is -1.03. The lowest BCUT2D eigenvalue weighted by Crippen LogP contribution is -2.37. The molecule has 0 spiro atoms. The number of hydrogen-bond acceptors (Lipinski definition) is 1. The van der Waals surface area contributed by atoms with Gasteiger partial charge in [0.1, 0.15) is 0 Å². The number of aliphatic hydroxyl groups is 1. The van der Waals surface area contributed by atoms with Crippen LogP contribution in [0.4, 0.5) is 13.2 Å². The highest BCUT2D eigenvalue weighted by Gasteiger charge is 2.39. The molecular weight excluding hydrogens is 241 g/mol. The highest BCUT2D eigenvalue weighted by molar-refractivity contribution is 5.37. The molecule has 0 amide bonds. The van der Waals surface area contributed by atoms with Gasteiger partial charge in [-0.05, 0) is 42.5 Å². The first-order valence-electron chi connectivity index (χ1n) is 5.78. The lowest BCUT2D eigenvalue weighted by Gasteiger charge is -2.38. The van der Waals surface area contributed by atoms with Crippen LogP contribution < -0.4 is 0 Å². The third kappa shape index (κ3) is 2.69. The van der Waals surface area contributed by atoms with Crippen molar-refractivity contribution >= 4 is 0 Å². The van der Waals surface area contributed by atoms with Crippen molar-refractivity contribution in [2.24, 2.45) is 5.41 Å². The summed E-state index contributed by atoms with van der Waals surface area (Å²) < 4.78 is 37.7. The Morgan fingerprint density at radius 1 is 1.00 bits per heavy atom. The van der Waals surface area contributed by atoms with Gasteiger partial charge >= 0.3 is 6.18 Å². The lowest BCUT2D eigenvalue weighted by atomic mass is 9.72. The number of halogens is 3. The summed E-state index contributed by atoms with van der Waals surface area (Å²) in [6, 6.07) is 3.46. The number of alkyl halides is 3. The van der Waals surface area contributed by atoms with Gasteiger partial charge in [0.05, 0.1) is 11.2 Å². The fraction of sp³-hybridized carbons (Fsp3) is 0.571. The molecule has 0 aromatic heterocycles. The number of benzene rings is 1. The van der Waals surface area contributed by atoms with Crippen molar-refractivity contribution in [3.63, 3.8) is 0 Å². The van der Waals surface area contributed by atoms with Gasteiger partial charge in [0.15, 0.2) is 0 Å². The van der Waals surface area contributed by atoms with Crippen LogP contribution in [0, 0.1) is 12.3 Å². The molecule has 1 unspecified atom stereocenters. The Labute approximate surface area is 106 Å². The second kappa shape index (κ2) is 4.26. The molecule has 1 N–H and O–H groups in total. The average molecular weight is 260 g/mol. The molecule has 0 bridgehead atoms. The van der Waals surface area contributed by atoms with Gasteiger partial charge < -0.3 is 5.11 Å². The topological polar surface area (TPSA) is 20.2 Å². The Kier molecular flexibility index (Phi) is 3.56. The van der Waals surface area contributed by atoms with Gasteiger partial charge in [0.25, 0.3) is 0 Å². The molecule has 0 aliphatic heterocycles. The Bertz CT molecular complexity index is 439. The minimum atomic E-state index is -4.35. The van der Waals surface area contributed by atoms with E-state index >= 15 is 0 Å². The Morgan fingerprint density at radius 2 is 1.50 bits per heavy atom. The predicted molar refractivity (Wildman–Crippen MR) is 65.2 cm³/mol. The van der Waals surface area contributed by atoms with Crippen LogP contribution >= 0.6 is 0 Å². The van der Waals surface area contributed by atoms with Crippen molar-refractivity contribution in [3.05, 3.63) is 34.9 Å². The molecule has 1 aromatic carbocycles. The molecule has 1 atom stereocenters. The Morgan fingerprint density at radius 3 is 1.83 bits per heavy atom. The number of rotatable bonds is 1. The van der Waals surface area contributed by atoms with Crippen molar-refractivity contribution in [2.75, 3.05) is 0 Å². The maximum atomic E-state index is 12.6. The van der Waals surface area contributed by atoms with Crippen LogP contribution in [0.2, 0.25) is 0 Å². The van der Waals surface area contributed by atoms with E-state index < -0.39 is 22.8 Å². The quantitative estimate of drug-likeness (QED) is 0.799. The van der Waals surface area contributed by atoms with Crippen LogP contribution in [0.15, 0.2) is 18.2 Å². The maximum Gasteiger partial charge on any atom is 0.416 e. The summed E-state index contributed by atoms with van der Waals surface area (Å²) in [5, 5.41) is 10.5. The first-order chi connectivity index (χ1) is 7.87. The van der Waals surface area contributed by atoms with Gasteiger partial charge in [0, 0.05) is 0 Å². The third-order valence-corrected chi connectivity index (χ3v) is 3.54. The number of hydrogen-bond donors (Lipinski definition) is 1. The Balaban J connectivity index is 3.31. The summed E-state index contributed by atoms with van der Waals surface area (Å²) in [7, 11) is 0. The highest BCUT2D eigenvalue weighted by atomic mass is 19.4. The standard InChI is InChI=1S/C14H19F3O/c1-9-8-10(14(15,16)17)6-7-11(9)13(5,18)12(2,3)4/h6-8,18H,1-5H3. The van der Waals surface area contributed by atoms with Crippen LogP contribution in [-0.4, -0.2) is 5.11 Å². The lowest BCUT2D eigenvalue weighted by molar-refractivity contribution is -0.137. The summed E-state index contributed by atoms with van der Waals surface area (Å²) in [5.74, 6) is 0. The van der Waals surface area contributed by atoms with Crippen molar-refractivity contribution < 1.29 is 18.3 Å². The van der Waals surface area contributed by atoms with Crippen molar-refractivity contribution in [1.29, 1.82) is 0 Å². The molecule has 0 aliphatic carbocycles. The maximum absolute atomic E-state index is 12.6. The van der Waals surface area contributed by atoms with E-state index in [9.17, 15) is 18.3 Å². The predicted octanol–water partition coefficient (Wildman–Crippen LogP) is 4.27. The largest absolute Gasteiger partial charge is 0.416 e. The van der Waals surface area contributed by atoms with Gasteiger partial charge in [-0.25, -0.2) is 0 Å². The second-order valence-electron chi connectivity index (χ2n) is 5.85. The molecule has 102 valence electrons. The first kappa shape index (κ1) is 15.0. The van der Waals surface area contributed by atoms with E-state index in [1.165, 1.54) is 6.07 Å². The summed E-state index contributed by atoms with van der Waals surface area (Å²) in [5.41, 5.74) is -1.35. The first-order valence-corrected chi connectivity index (χ1v) is 5.78. The summed E-state index contributed by atoms with van der Waals surface area (Å²) in [6.45, 7) is 8.77. The molecule has 0 radical (unpaired) electrons. The molecule has 1 aromatic rings. The molecule has 0 aliphatic rings. The van der Waals surface area contributed by atoms with Crippen molar-refractivity contribution in [3.8, 4) is 0 Å². The van der Waals surface area contributed by atoms with Crippen molar-refractivity contribution in [1.82, 2.24) is 0 Å². The molecule has 0 saturated heterocycles. The van der Waals surface area contributed by atoms with E-state index in [0.29, 0.717) is 11.1 Å². The smallest absolute Gasteiger partial charge is 0.385 e. The summed E-state index contributed by atoms with van der Waals surface area (Å²) >= 11 is 0. The van der Waals surface area contributed by atoms with Gasteiger partial charge in [-0.3, -0.25) is 0 Å². The van der Waals surface area contributed by atoms with Crippen LogP contribution in [0.25, 0.3) is 0 Å². The van der Waals surface area contributed by atoms with Gasteiger partial charge in [0.2, 0.25) is 0 Å². The number of aryl methyl sites for hydroxylation is 1. The fourth-order valence-corrected chi connectivity index (χ4v) is 1.79. The van der Waals surface area contributed by atoms with E-state index in [0.717, 1.165) is 12.1 Å². The van der Waals surface area contributed by atoms with Crippen LogP contribution in [0.5, 0.6) is 0 Å². The molecule has 18 heavy (non-hydrogen) atoms. The molecule has 1 rings (SSSR count). The summed E-state index contributed by atoms with van der Waals surface area (Å²) in [4.78, 5) is 0. The normalized spacial score (nSPS) is 16.5. The van der Waals surface area contributed by atoms with Crippen LogP contribution in [0.1, 0.15) is 44.4 Å². The monoisotopic (exact) mass is 260 g/mol. The molecule has 4 heteroatoms. The van der Waals surface area contributed by atoms with Gasteiger partial charge in [-0.2, -0.15) is 13.2 Å². The highest BCUT2D eigenvalue weighted by Crippen LogP contribution is 2.41. The SMILES string of the molecule is Cc1cc(C(F)(F)F)ccc1C(C)(O)C(C)(C)C. The average Bonchev–Trinajstić information content (AvgIpc) is 2.13. The van der Waals surface area contributed by atoms with Gasteiger partial charge in [-0.1, -0.05) is 26.8 Å². The van der Waals surface area contributed by atoms with Crippen LogP contribution in [-0.2, 0) is 11.8 Å². The minimum Gasteiger partial charge on any atom is -0.385 e. The van der Waals surface area contributed by atoms with Crippen molar-refractivity contribution in [2.45, 2.75) is 46.4 Å². The van der Waals surface area contributed by atoms with E-state index in [4.69, 9.17) is 0 Å². The van der Waals surface area contributed by atoms with E-state index in [2.05, 4.69) is 0 Å². The molecule has 0 fully saturated rings. The van der Waals surface area contributed by atoms with E-state index in [-0.39, 0.29) is 0 Å². The fourth-order valence-electron chi connectivity index (χ4n) is 1.79. The van der Waals surface area contributed by atoms with E-state index in [1.54, 1.807) is 13.8 Å². The second-order valence-corrected chi connectivity index (χ2v) is 5.85. The van der Waals surface area contributed by atoms with Crippen LogP contribution in [0.3, 0.4) is 0 Å².